The van der Waals surface area contributed by atoms with Crippen molar-refractivity contribution in [1.82, 2.24) is 14.5 Å². The fraction of sp³-hybridized carbons (Fsp3) is 0.0769. The van der Waals surface area contributed by atoms with E-state index in [-0.39, 0.29) is 5.88 Å². The highest BCUT2D eigenvalue weighted by Gasteiger charge is 2.18. The summed E-state index contributed by atoms with van der Waals surface area (Å²) in [7, 11) is 0. The topological polar surface area (TPSA) is 30.7 Å². The molecule has 0 aliphatic carbocycles. The number of hydrogen-bond donors (Lipinski definition) is 0. The lowest BCUT2D eigenvalue weighted by Gasteiger charge is -2.11. The molecule has 2 heterocycles. The van der Waals surface area contributed by atoms with E-state index in [0.717, 1.165) is 0 Å². The molecule has 8 heteroatoms. The number of rotatable bonds is 2. The van der Waals surface area contributed by atoms with Crippen LogP contribution in [0, 0.1) is 0 Å². The van der Waals surface area contributed by atoms with Crippen LogP contribution in [0.2, 0.25) is 15.1 Å². The Kier molecular flexibility index (Phi) is 4.35. The number of pyridine rings is 1. The van der Waals surface area contributed by atoms with Crippen LogP contribution in [-0.4, -0.2) is 14.5 Å². The first-order valence-electron chi connectivity index (χ1n) is 5.75. The van der Waals surface area contributed by atoms with Crippen molar-refractivity contribution in [2.75, 3.05) is 0 Å². The molecule has 0 unspecified atom stereocenters. The van der Waals surface area contributed by atoms with Gasteiger partial charge in [-0.1, -0.05) is 34.8 Å². The molecule has 0 saturated heterocycles. The van der Waals surface area contributed by atoms with Crippen LogP contribution in [0.4, 0.5) is 0 Å². The second kappa shape index (κ2) is 5.94. The van der Waals surface area contributed by atoms with Gasteiger partial charge in [-0.2, -0.15) is 0 Å². The molecule has 21 heavy (non-hydrogen) atoms. The number of benzene rings is 1. The first kappa shape index (κ1) is 15.4. The molecule has 0 atom stereocenters. The Morgan fingerprint density at radius 1 is 1.14 bits per heavy atom. The van der Waals surface area contributed by atoms with Crippen LogP contribution in [0.5, 0.6) is 0 Å². The molecule has 0 saturated carbocycles. The normalized spacial score (nSPS) is 11.3. The van der Waals surface area contributed by atoms with Gasteiger partial charge in [-0.05, 0) is 34.1 Å². The molecule has 3 aromatic rings. The Labute approximate surface area is 148 Å². The van der Waals surface area contributed by atoms with Gasteiger partial charge in [0.15, 0.2) is 5.65 Å². The number of nitrogens with zero attached hydrogens (tertiary/aromatic N) is 3. The van der Waals surface area contributed by atoms with Crippen LogP contribution in [0.3, 0.4) is 0 Å². The molecular weight excluding hydrogens is 420 g/mol. The van der Waals surface area contributed by atoms with Crippen LogP contribution < -0.4 is 0 Å². The van der Waals surface area contributed by atoms with Gasteiger partial charge in [0.25, 0.3) is 0 Å². The van der Waals surface area contributed by atoms with E-state index >= 15 is 0 Å². The van der Waals surface area contributed by atoms with Gasteiger partial charge in [-0.25, -0.2) is 9.97 Å². The van der Waals surface area contributed by atoms with Gasteiger partial charge in [0.1, 0.15) is 11.3 Å². The first-order valence-corrected chi connectivity index (χ1v) is 8.21. The van der Waals surface area contributed by atoms with Gasteiger partial charge in [-0.3, -0.25) is 4.57 Å². The highest BCUT2D eigenvalue weighted by atomic mass is 79.9. The molecule has 3 nitrogen and oxygen atoms in total. The maximum atomic E-state index is 6.34. The summed E-state index contributed by atoms with van der Waals surface area (Å²) >= 11 is 27.8. The van der Waals surface area contributed by atoms with Gasteiger partial charge in [-0.15, -0.1) is 11.6 Å². The third-order valence-corrected chi connectivity index (χ3v) is 5.12. The highest BCUT2D eigenvalue weighted by Crippen LogP contribution is 2.36. The van der Waals surface area contributed by atoms with Crippen molar-refractivity contribution in [3.63, 3.8) is 0 Å². The molecule has 0 spiro atoms. The number of halogens is 5. The lowest BCUT2D eigenvalue weighted by molar-refractivity contribution is 0.969. The van der Waals surface area contributed by atoms with Crippen LogP contribution in [0.25, 0.3) is 16.9 Å². The molecule has 0 radical (unpaired) electrons. The van der Waals surface area contributed by atoms with Crippen LogP contribution in [0.15, 0.2) is 28.9 Å². The SMILES string of the molecule is ClCc1nc2cc(Cl)cnc2n1-c1ccc(Br)c(Cl)c1Cl. The zero-order valence-corrected chi connectivity index (χ0v) is 14.9. The summed E-state index contributed by atoms with van der Waals surface area (Å²) in [4.78, 5) is 8.75. The third kappa shape index (κ3) is 2.64. The maximum absolute atomic E-state index is 6.34. The van der Waals surface area contributed by atoms with Crippen LogP contribution >= 0.6 is 62.3 Å². The smallest absolute Gasteiger partial charge is 0.164 e. The molecule has 0 fully saturated rings. The molecule has 0 amide bonds. The fourth-order valence-electron chi connectivity index (χ4n) is 2.02. The van der Waals surface area contributed by atoms with Crippen molar-refractivity contribution in [2.24, 2.45) is 0 Å². The maximum Gasteiger partial charge on any atom is 0.164 e. The number of imidazole rings is 1. The fourth-order valence-corrected chi connectivity index (χ4v) is 3.20. The summed E-state index contributed by atoms with van der Waals surface area (Å²) in [5, 5.41) is 1.33. The summed E-state index contributed by atoms with van der Waals surface area (Å²) in [6, 6.07) is 5.36. The summed E-state index contributed by atoms with van der Waals surface area (Å²) in [5.74, 6) is 0.819. The van der Waals surface area contributed by atoms with Gasteiger partial charge >= 0.3 is 0 Å². The summed E-state index contributed by atoms with van der Waals surface area (Å²) < 4.78 is 2.49. The largest absolute Gasteiger partial charge is 0.278 e. The van der Waals surface area contributed by atoms with Crippen molar-refractivity contribution >= 4 is 73.5 Å². The van der Waals surface area contributed by atoms with Crippen molar-refractivity contribution in [3.8, 4) is 5.69 Å². The Balaban J connectivity index is 2.36. The second-order valence-corrected chi connectivity index (χ2v) is 6.50. The molecule has 0 aliphatic heterocycles. The molecule has 1 aromatic carbocycles. The highest BCUT2D eigenvalue weighted by molar-refractivity contribution is 9.10. The molecular formula is C13H6BrCl4N3. The molecule has 108 valence electrons. The van der Waals surface area contributed by atoms with Crippen molar-refractivity contribution < 1.29 is 0 Å². The van der Waals surface area contributed by atoms with E-state index in [1.165, 1.54) is 0 Å². The first-order chi connectivity index (χ1) is 10.0. The molecule has 0 bridgehead atoms. The number of fused-ring (bicyclic) bond motifs is 1. The van der Waals surface area contributed by atoms with Gasteiger partial charge < -0.3 is 0 Å². The lowest BCUT2D eigenvalue weighted by Crippen LogP contribution is -2.01. The average molecular weight is 426 g/mol. The standard InChI is InChI=1S/C13H6BrCl4N3/c14-7-1-2-9(12(18)11(7)17)21-10(4-15)20-8-3-6(16)5-19-13(8)21/h1-3,5H,4H2. The van der Waals surface area contributed by atoms with Crippen molar-refractivity contribution in [2.45, 2.75) is 5.88 Å². The second-order valence-electron chi connectivity index (χ2n) is 4.19. The Morgan fingerprint density at radius 3 is 2.62 bits per heavy atom. The van der Waals surface area contributed by atoms with E-state index in [2.05, 4.69) is 25.9 Å². The summed E-state index contributed by atoms with van der Waals surface area (Å²) in [5.41, 5.74) is 1.93. The minimum atomic E-state index is 0.206. The van der Waals surface area contributed by atoms with E-state index in [9.17, 15) is 0 Å². The summed E-state index contributed by atoms with van der Waals surface area (Å²) in [6.07, 6.45) is 1.55. The van der Waals surface area contributed by atoms with Gasteiger partial charge in [0.2, 0.25) is 0 Å². The minimum absolute atomic E-state index is 0.206. The zero-order chi connectivity index (χ0) is 15.1. The quantitative estimate of drug-likeness (QED) is 0.379. The predicted molar refractivity (Wildman–Crippen MR) is 91.2 cm³/mol. The lowest BCUT2D eigenvalue weighted by atomic mass is 10.3. The molecule has 2 aromatic heterocycles. The number of aromatic nitrogens is 3. The number of hydrogen-bond acceptors (Lipinski definition) is 2. The van der Waals surface area contributed by atoms with Crippen molar-refractivity contribution in [3.05, 3.63) is 49.8 Å². The zero-order valence-electron chi connectivity index (χ0n) is 10.2. The Hall–Kier alpha value is -0.520. The van der Waals surface area contributed by atoms with E-state index in [4.69, 9.17) is 46.4 Å². The van der Waals surface area contributed by atoms with Crippen LogP contribution in [-0.2, 0) is 5.88 Å². The molecule has 0 N–H and O–H groups in total. The summed E-state index contributed by atoms with van der Waals surface area (Å²) in [6.45, 7) is 0. The third-order valence-electron chi connectivity index (χ3n) is 2.91. The van der Waals surface area contributed by atoms with Crippen molar-refractivity contribution in [1.29, 1.82) is 0 Å². The minimum Gasteiger partial charge on any atom is -0.278 e. The average Bonchev–Trinajstić information content (AvgIpc) is 2.82. The van der Waals surface area contributed by atoms with E-state index in [0.29, 0.717) is 42.2 Å². The van der Waals surface area contributed by atoms with E-state index in [1.54, 1.807) is 16.8 Å². The predicted octanol–water partition coefficient (Wildman–Crippen LogP) is 5.88. The van der Waals surface area contributed by atoms with Crippen LogP contribution in [0.1, 0.15) is 5.82 Å². The Bertz CT molecular complexity index is 847. The van der Waals surface area contributed by atoms with Gasteiger partial charge in [0.05, 0.1) is 26.6 Å². The monoisotopic (exact) mass is 423 g/mol. The van der Waals surface area contributed by atoms with E-state index < -0.39 is 0 Å². The molecule has 3 rings (SSSR count). The van der Waals surface area contributed by atoms with Gasteiger partial charge in [0, 0.05) is 10.7 Å². The number of alkyl halides is 1. The molecule has 0 aliphatic rings. The Morgan fingerprint density at radius 2 is 1.90 bits per heavy atom. The van der Waals surface area contributed by atoms with E-state index in [1.807, 2.05) is 12.1 Å².